The van der Waals surface area contributed by atoms with Crippen molar-refractivity contribution in [2.75, 3.05) is 0 Å². The van der Waals surface area contributed by atoms with Crippen molar-refractivity contribution in [1.82, 2.24) is 4.90 Å². The molecule has 0 saturated heterocycles. The molecule has 1 atom stereocenters. The summed E-state index contributed by atoms with van der Waals surface area (Å²) >= 11 is 0. The quantitative estimate of drug-likeness (QED) is 0.528. The van der Waals surface area contributed by atoms with Crippen LogP contribution >= 0.6 is 0 Å². The van der Waals surface area contributed by atoms with Gasteiger partial charge in [-0.15, -0.1) is 0 Å². The second kappa shape index (κ2) is 1.88. The fraction of sp³-hybridized carbons (Fsp3) is 0.143. The zero-order valence-corrected chi connectivity index (χ0v) is 5.27. The van der Waals surface area contributed by atoms with Gasteiger partial charge >= 0.3 is 0 Å². The number of hydrogen-bond donors (Lipinski definition) is 1. The number of nitrogens with zero attached hydrogens (tertiary/aromatic N) is 1. The largest absolute Gasteiger partial charge is 0.447 e. The molecule has 3 nitrogen and oxygen atoms in total. The van der Waals surface area contributed by atoms with Gasteiger partial charge in [0.05, 0.1) is 6.10 Å². The van der Waals surface area contributed by atoms with Gasteiger partial charge in [-0.3, -0.25) is 4.90 Å². The van der Waals surface area contributed by atoms with Gasteiger partial charge in [0.2, 0.25) is 5.88 Å². The Balaban J connectivity index is 2.27. The van der Waals surface area contributed by atoms with Crippen LogP contribution in [0.15, 0.2) is 36.7 Å². The molecule has 0 fully saturated rings. The first-order valence-corrected chi connectivity index (χ1v) is 3.06. The minimum atomic E-state index is -0.508. The molecular weight excluding hydrogens is 130 g/mol. The van der Waals surface area contributed by atoms with Crippen molar-refractivity contribution in [3.8, 4) is 0 Å². The Morgan fingerprint density at radius 3 is 3.30 bits per heavy atom. The predicted octanol–water partition coefficient (Wildman–Crippen LogP) is 0.519. The predicted molar refractivity (Wildman–Crippen MR) is 35.3 cm³/mol. The fourth-order valence-corrected chi connectivity index (χ4v) is 0.931. The number of ether oxygens (including phenoxy) is 1. The van der Waals surface area contributed by atoms with Crippen LogP contribution in [0.1, 0.15) is 0 Å². The smallest absolute Gasteiger partial charge is 0.202 e. The summed E-state index contributed by atoms with van der Waals surface area (Å²) in [4.78, 5) is 1.80. The zero-order chi connectivity index (χ0) is 6.97. The van der Waals surface area contributed by atoms with Crippen molar-refractivity contribution in [2.24, 2.45) is 0 Å². The molecule has 0 aromatic carbocycles. The maximum absolute atomic E-state index is 9.06. The highest BCUT2D eigenvalue weighted by Crippen LogP contribution is 2.19. The molecule has 10 heavy (non-hydrogen) atoms. The molecular formula is C7H7NO2. The first kappa shape index (κ1) is 5.56. The van der Waals surface area contributed by atoms with E-state index in [2.05, 4.69) is 0 Å². The van der Waals surface area contributed by atoms with Crippen LogP contribution in [0.3, 0.4) is 0 Å². The van der Waals surface area contributed by atoms with E-state index in [-0.39, 0.29) is 0 Å². The summed E-state index contributed by atoms with van der Waals surface area (Å²) < 4.78 is 5.02. The van der Waals surface area contributed by atoms with Gasteiger partial charge < -0.3 is 9.84 Å². The van der Waals surface area contributed by atoms with Crippen molar-refractivity contribution < 1.29 is 9.84 Å². The number of hydrogen-bond acceptors (Lipinski definition) is 3. The average molecular weight is 137 g/mol. The lowest BCUT2D eigenvalue weighted by Gasteiger charge is -2.16. The van der Waals surface area contributed by atoms with E-state index >= 15 is 0 Å². The van der Waals surface area contributed by atoms with E-state index in [0.29, 0.717) is 5.88 Å². The van der Waals surface area contributed by atoms with E-state index in [1.807, 2.05) is 0 Å². The Morgan fingerprint density at radius 2 is 2.40 bits per heavy atom. The lowest BCUT2D eigenvalue weighted by molar-refractivity contribution is 0.235. The SMILES string of the molecule is OC1C=CN2C=COC2=C1. The first-order chi connectivity index (χ1) is 4.86. The van der Waals surface area contributed by atoms with Gasteiger partial charge in [0, 0.05) is 18.5 Å². The van der Waals surface area contributed by atoms with Gasteiger partial charge in [-0.1, -0.05) is 0 Å². The molecule has 0 aromatic rings. The van der Waals surface area contributed by atoms with E-state index < -0.39 is 6.10 Å². The second-order valence-corrected chi connectivity index (χ2v) is 2.15. The lowest BCUT2D eigenvalue weighted by Crippen LogP contribution is -2.14. The highest BCUT2D eigenvalue weighted by Gasteiger charge is 2.15. The van der Waals surface area contributed by atoms with Gasteiger partial charge in [-0.25, -0.2) is 0 Å². The Kier molecular flexibility index (Phi) is 1.05. The minimum absolute atomic E-state index is 0.508. The highest BCUT2D eigenvalue weighted by atomic mass is 16.5. The Labute approximate surface area is 58.5 Å². The van der Waals surface area contributed by atoms with Crippen LogP contribution in [-0.4, -0.2) is 16.1 Å². The number of aliphatic hydroxyl groups excluding tert-OH is 1. The number of fused-ring (bicyclic) bond motifs is 1. The van der Waals surface area contributed by atoms with Gasteiger partial charge in [0.15, 0.2) is 0 Å². The molecule has 0 aromatic heterocycles. The van der Waals surface area contributed by atoms with Crippen LogP contribution in [0.25, 0.3) is 0 Å². The minimum Gasteiger partial charge on any atom is -0.447 e. The summed E-state index contributed by atoms with van der Waals surface area (Å²) in [7, 11) is 0. The van der Waals surface area contributed by atoms with E-state index in [4.69, 9.17) is 9.84 Å². The molecule has 52 valence electrons. The molecule has 1 unspecified atom stereocenters. The summed E-state index contributed by atoms with van der Waals surface area (Å²) in [6, 6.07) is 0. The van der Waals surface area contributed by atoms with E-state index in [1.165, 1.54) is 0 Å². The summed E-state index contributed by atoms with van der Waals surface area (Å²) in [5, 5.41) is 9.06. The van der Waals surface area contributed by atoms with Crippen LogP contribution in [0.2, 0.25) is 0 Å². The molecule has 0 amide bonds. The summed E-state index contributed by atoms with van der Waals surface area (Å²) in [6.45, 7) is 0. The average Bonchev–Trinajstić information content (AvgIpc) is 2.33. The standard InChI is InChI=1S/C7H7NO2/c9-6-1-2-8-3-4-10-7(8)5-6/h1-6,9H. The summed E-state index contributed by atoms with van der Waals surface area (Å²) in [5.74, 6) is 0.676. The van der Waals surface area contributed by atoms with Crippen LogP contribution in [0.5, 0.6) is 0 Å². The van der Waals surface area contributed by atoms with Crippen LogP contribution in [-0.2, 0) is 4.74 Å². The molecule has 0 aliphatic carbocycles. The maximum Gasteiger partial charge on any atom is 0.202 e. The number of rotatable bonds is 0. The Hall–Kier alpha value is -1.22. The molecule has 0 bridgehead atoms. The molecule has 3 heteroatoms. The lowest BCUT2D eigenvalue weighted by atomic mass is 10.3. The third kappa shape index (κ3) is 0.717. The first-order valence-electron chi connectivity index (χ1n) is 3.06. The molecule has 0 saturated carbocycles. The van der Waals surface area contributed by atoms with Gasteiger partial charge in [-0.05, 0) is 6.08 Å². The van der Waals surface area contributed by atoms with Crippen molar-refractivity contribution in [3.63, 3.8) is 0 Å². The normalized spacial score (nSPS) is 27.9. The molecule has 2 aliphatic rings. The van der Waals surface area contributed by atoms with Gasteiger partial charge in [-0.2, -0.15) is 0 Å². The van der Waals surface area contributed by atoms with Crippen molar-refractivity contribution in [3.05, 3.63) is 36.7 Å². The third-order valence-electron chi connectivity index (χ3n) is 1.42. The van der Waals surface area contributed by atoms with Crippen molar-refractivity contribution in [2.45, 2.75) is 6.10 Å². The Morgan fingerprint density at radius 1 is 1.50 bits per heavy atom. The maximum atomic E-state index is 9.06. The van der Waals surface area contributed by atoms with E-state index in [1.54, 1.807) is 35.7 Å². The van der Waals surface area contributed by atoms with Crippen LogP contribution in [0.4, 0.5) is 0 Å². The van der Waals surface area contributed by atoms with Crippen LogP contribution in [0, 0.1) is 0 Å². The van der Waals surface area contributed by atoms with Gasteiger partial charge in [0.25, 0.3) is 0 Å². The molecule has 2 heterocycles. The zero-order valence-electron chi connectivity index (χ0n) is 5.27. The number of aliphatic hydroxyl groups is 1. The van der Waals surface area contributed by atoms with E-state index in [0.717, 1.165) is 0 Å². The van der Waals surface area contributed by atoms with Crippen molar-refractivity contribution >= 4 is 0 Å². The van der Waals surface area contributed by atoms with Crippen molar-refractivity contribution in [1.29, 1.82) is 0 Å². The van der Waals surface area contributed by atoms with Crippen LogP contribution < -0.4 is 0 Å². The monoisotopic (exact) mass is 137 g/mol. The van der Waals surface area contributed by atoms with E-state index in [9.17, 15) is 0 Å². The fourth-order valence-electron chi connectivity index (χ4n) is 0.931. The molecule has 0 radical (unpaired) electrons. The third-order valence-corrected chi connectivity index (χ3v) is 1.42. The van der Waals surface area contributed by atoms with Gasteiger partial charge in [0.1, 0.15) is 6.26 Å². The molecule has 2 rings (SSSR count). The highest BCUT2D eigenvalue weighted by molar-refractivity contribution is 5.19. The molecule has 1 N–H and O–H groups in total. The second-order valence-electron chi connectivity index (χ2n) is 2.15. The topological polar surface area (TPSA) is 32.7 Å². The Bertz CT molecular complexity index is 230. The summed E-state index contributed by atoms with van der Waals surface area (Å²) in [5.41, 5.74) is 0. The molecule has 0 spiro atoms. The molecule has 2 aliphatic heterocycles. The summed E-state index contributed by atoms with van der Waals surface area (Å²) in [6.07, 6.45) is 7.94.